The summed E-state index contributed by atoms with van der Waals surface area (Å²) in [7, 11) is -2.33. The van der Waals surface area contributed by atoms with Gasteiger partial charge in [0.1, 0.15) is 12.1 Å². The van der Waals surface area contributed by atoms with Crippen LogP contribution in [0.1, 0.15) is 114 Å². The number of aryl methyl sites for hydroxylation is 2. The average molecular weight is 832 g/mol. The number of Topliss-reactive ketones (excluding diaryl/α,β-unsaturated/α-hetero) is 1. The summed E-state index contributed by atoms with van der Waals surface area (Å²) in [6.07, 6.45) is 13.4. The molecule has 5 amide bonds. The molecular weight excluding hydrogens is 767 g/mol. The number of nitrogens with one attached hydrogen (secondary N) is 4. The number of sulfonamides is 1. The molecule has 1 unspecified atom stereocenters. The Morgan fingerprint density at radius 3 is 2.11 bits per heavy atom. The molecule has 0 bridgehead atoms. The lowest BCUT2D eigenvalue weighted by Crippen LogP contribution is -2.61. The number of thiazole rings is 1. The second-order valence-electron chi connectivity index (χ2n) is 17.2. The first-order valence-electron chi connectivity index (χ1n) is 21.1. The maximum absolute atomic E-state index is 14.9. The molecule has 4 fully saturated rings. The van der Waals surface area contributed by atoms with Crippen LogP contribution in [0.4, 0.5) is 4.79 Å². The van der Waals surface area contributed by atoms with Gasteiger partial charge in [0.05, 0.1) is 16.7 Å². The van der Waals surface area contributed by atoms with Gasteiger partial charge < -0.3 is 26.2 Å². The van der Waals surface area contributed by atoms with Gasteiger partial charge >= 0.3 is 6.03 Å². The molecule has 3 aliphatic carbocycles. The van der Waals surface area contributed by atoms with Crippen LogP contribution in [0.15, 0.2) is 16.9 Å². The van der Waals surface area contributed by atoms with Crippen molar-refractivity contribution in [1.82, 2.24) is 35.5 Å². The number of hydrogen-bond donors (Lipinski definition) is 4. The van der Waals surface area contributed by atoms with Crippen LogP contribution in [0.3, 0.4) is 0 Å². The van der Waals surface area contributed by atoms with Gasteiger partial charge in [-0.05, 0) is 82.0 Å². The van der Waals surface area contributed by atoms with Gasteiger partial charge in [0.2, 0.25) is 17.6 Å². The minimum absolute atomic E-state index is 0.0404. The zero-order valence-corrected chi connectivity index (χ0v) is 36.2. The van der Waals surface area contributed by atoms with E-state index in [4.69, 9.17) is 0 Å². The molecule has 4 aliphatic rings. The molecule has 16 heteroatoms. The number of urea groups is 1. The Morgan fingerprint density at radius 1 is 0.912 bits per heavy atom. The highest BCUT2D eigenvalue weighted by atomic mass is 32.2. The number of amides is 5. The Morgan fingerprint density at radius 2 is 1.54 bits per heavy atom. The van der Waals surface area contributed by atoms with Gasteiger partial charge in [0.15, 0.2) is 4.21 Å². The Labute approximate surface area is 343 Å². The van der Waals surface area contributed by atoms with Crippen molar-refractivity contribution in [2.45, 2.75) is 146 Å². The highest BCUT2D eigenvalue weighted by Gasteiger charge is 2.48. The summed E-state index contributed by atoms with van der Waals surface area (Å²) >= 11 is 1.13. The molecule has 2 heterocycles. The lowest BCUT2D eigenvalue weighted by Gasteiger charge is -2.37. The largest absolute Gasteiger partial charge is 0.346 e. The highest BCUT2D eigenvalue weighted by Crippen LogP contribution is 2.36. The lowest BCUT2D eigenvalue weighted by molar-refractivity contribution is -0.144. The number of aromatic nitrogens is 1. The van der Waals surface area contributed by atoms with E-state index in [-0.39, 0.29) is 52.8 Å². The number of rotatable bonds is 18. The molecule has 3 saturated carbocycles. The smallest absolute Gasteiger partial charge is 0.315 e. The molecule has 5 rings (SSSR count). The van der Waals surface area contributed by atoms with Crippen LogP contribution in [0, 0.1) is 43.4 Å². The average Bonchev–Trinajstić information content (AvgIpc) is 3.77. The van der Waals surface area contributed by atoms with Crippen LogP contribution in [-0.4, -0.2) is 103 Å². The fourth-order valence-corrected chi connectivity index (χ4v) is 12.0. The Balaban J connectivity index is 1.36. The third-order valence-corrected chi connectivity index (χ3v) is 16.0. The van der Waals surface area contributed by atoms with Crippen LogP contribution >= 0.6 is 11.3 Å². The summed E-state index contributed by atoms with van der Waals surface area (Å²) in [6, 6.07) is -3.84. The summed E-state index contributed by atoms with van der Waals surface area (Å²) < 4.78 is 29.0. The van der Waals surface area contributed by atoms with E-state index in [0.29, 0.717) is 30.1 Å². The van der Waals surface area contributed by atoms with Crippen molar-refractivity contribution in [3.8, 4) is 0 Å². The molecule has 1 aliphatic heterocycles. The van der Waals surface area contributed by atoms with Crippen molar-refractivity contribution < 1.29 is 32.4 Å². The van der Waals surface area contributed by atoms with Crippen LogP contribution < -0.4 is 21.3 Å². The fourth-order valence-electron chi connectivity index (χ4n) is 9.18. The molecule has 57 heavy (non-hydrogen) atoms. The molecule has 4 N–H and O–H groups in total. The molecular formula is C41H65N7O7S2. The zero-order valence-electron chi connectivity index (χ0n) is 34.5. The lowest BCUT2D eigenvalue weighted by atomic mass is 9.82. The van der Waals surface area contributed by atoms with E-state index >= 15 is 0 Å². The topological polar surface area (TPSA) is 187 Å². The quantitative estimate of drug-likeness (QED) is 0.122. The molecule has 0 aromatic carbocycles. The van der Waals surface area contributed by atoms with E-state index in [0.717, 1.165) is 88.4 Å². The van der Waals surface area contributed by atoms with Crippen molar-refractivity contribution in [2.24, 2.45) is 29.6 Å². The number of carbonyl (C=O) groups is 5. The second-order valence-corrected chi connectivity index (χ2v) is 20.6. The maximum atomic E-state index is 14.9. The zero-order chi connectivity index (χ0) is 41.4. The van der Waals surface area contributed by atoms with Crippen LogP contribution in [0.5, 0.6) is 0 Å². The number of likely N-dealkylation sites (tertiary alicyclic amines) is 1. The van der Waals surface area contributed by atoms with Crippen molar-refractivity contribution in [3.63, 3.8) is 0 Å². The molecule has 1 aromatic rings. The van der Waals surface area contributed by atoms with Gasteiger partial charge in [-0.1, -0.05) is 71.3 Å². The minimum atomic E-state index is -3.86. The Kier molecular flexibility index (Phi) is 15.7. The molecule has 14 nitrogen and oxygen atoms in total. The monoisotopic (exact) mass is 831 g/mol. The van der Waals surface area contributed by atoms with Gasteiger partial charge in [-0.25, -0.2) is 18.2 Å². The first-order valence-corrected chi connectivity index (χ1v) is 23.4. The van der Waals surface area contributed by atoms with E-state index in [1.54, 1.807) is 18.7 Å². The van der Waals surface area contributed by atoms with Crippen molar-refractivity contribution in [3.05, 3.63) is 23.4 Å². The fraction of sp³-hybridized carbons (Fsp3) is 0.756. The summed E-state index contributed by atoms with van der Waals surface area (Å²) in [5.74, 6) is -2.30. The predicted molar refractivity (Wildman–Crippen MR) is 220 cm³/mol. The number of carbonyl (C=O) groups excluding carboxylic acids is 5. The molecule has 5 atom stereocenters. The number of nitrogens with zero attached hydrogens (tertiary/aromatic N) is 3. The normalized spacial score (nSPS) is 22.5. The van der Waals surface area contributed by atoms with Crippen LogP contribution in [0.25, 0.3) is 0 Å². The third kappa shape index (κ3) is 11.4. The van der Waals surface area contributed by atoms with Crippen molar-refractivity contribution >= 4 is 50.9 Å². The molecule has 0 radical (unpaired) electrons. The van der Waals surface area contributed by atoms with Crippen LogP contribution in [0.2, 0.25) is 0 Å². The predicted octanol–water partition coefficient (Wildman–Crippen LogP) is 4.61. The van der Waals surface area contributed by atoms with E-state index in [9.17, 15) is 32.4 Å². The number of hydrogen-bond acceptors (Lipinski definition) is 9. The van der Waals surface area contributed by atoms with Crippen molar-refractivity contribution in [1.29, 1.82) is 0 Å². The second kappa shape index (κ2) is 20.1. The van der Waals surface area contributed by atoms with Gasteiger partial charge in [-0.3, -0.25) is 19.2 Å². The van der Waals surface area contributed by atoms with Gasteiger partial charge in [0, 0.05) is 32.7 Å². The first-order chi connectivity index (χ1) is 27.1. The summed E-state index contributed by atoms with van der Waals surface area (Å²) in [4.78, 5) is 75.3. The Bertz CT molecular complexity index is 1720. The van der Waals surface area contributed by atoms with Gasteiger partial charge in [-0.15, -0.1) is 17.9 Å². The SMILES string of the molecule is C=CCNC(=O)C(=O)C(CC1CC1)NC(=O)[C@@H]1[C@@H](C(C)C)CCN1C(=O)[C@@H](NC(=O)N[C@H](CN(C)S(=O)(=O)c1sc(C)nc1C)C1CCCCC1)C1CCCCC1. The molecule has 0 spiro atoms. The molecule has 318 valence electrons. The molecule has 1 saturated heterocycles. The van der Waals surface area contributed by atoms with Crippen molar-refractivity contribution in [2.75, 3.05) is 26.7 Å². The first kappa shape index (κ1) is 44.7. The summed E-state index contributed by atoms with van der Waals surface area (Å²) in [5, 5.41) is 12.3. The Hall–Kier alpha value is -3.37. The van der Waals surface area contributed by atoms with E-state index < -0.39 is 57.8 Å². The van der Waals surface area contributed by atoms with E-state index in [1.165, 1.54) is 17.4 Å². The van der Waals surface area contributed by atoms with E-state index in [1.807, 2.05) is 13.8 Å². The van der Waals surface area contributed by atoms with E-state index in [2.05, 4.69) is 32.8 Å². The number of ketones is 1. The van der Waals surface area contributed by atoms with Gasteiger partial charge in [-0.2, -0.15) is 4.31 Å². The maximum Gasteiger partial charge on any atom is 0.315 e. The minimum Gasteiger partial charge on any atom is -0.346 e. The summed E-state index contributed by atoms with van der Waals surface area (Å²) in [5.41, 5.74) is 0.450. The third-order valence-electron chi connectivity index (χ3n) is 12.6. The van der Waals surface area contributed by atoms with Crippen LogP contribution in [-0.2, 0) is 29.2 Å². The highest BCUT2D eigenvalue weighted by molar-refractivity contribution is 7.91. The standard InChI is InChI=1S/C41H65N7O7S2/c1-7-21-42-38(51)36(49)32(23-28-18-19-28)44-37(50)35-31(25(2)3)20-22-48(35)39(52)34(30-16-12-9-13-17-30)46-41(53)45-33(29-14-10-8-11-15-29)24-47(6)57(54,55)40-26(4)43-27(5)56-40/h7,25,28-35H,1,8-24H2,2-6H3,(H,42,51)(H,44,50)(H2,45,46,53)/t31-,32?,33-,34+,35+/m1/s1. The number of likely N-dealkylation sites (N-methyl/N-ethyl adjacent to an activating group) is 1. The molecule has 1 aromatic heterocycles. The summed E-state index contributed by atoms with van der Waals surface area (Å²) in [6.45, 7) is 11.6. The van der Waals surface area contributed by atoms with Gasteiger partial charge in [0.25, 0.3) is 15.9 Å².